The maximum atomic E-state index is 5.95. The molecule has 5 nitrogen and oxygen atoms in total. The minimum atomic E-state index is 0.462. The molecule has 1 aliphatic carbocycles. The van der Waals surface area contributed by atoms with Gasteiger partial charge in [0.2, 0.25) is 5.88 Å². The first-order chi connectivity index (χ1) is 12.3. The van der Waals surface area contributed by atoms with Crippen molar-refractivity contribution in [3.05, 3.63) is 65.6 Å². The molecule has 0 fully saturated rings. The molecule has 0 aromatic carbocycles. The number of aromatic nitrogens is 4. The Balaban J connectivity index is 1.68. The fraction of sp³-hybridized carbons (Fsp3) is 0.300. The molecule has 0 aliphatic heterocycles. The molecule has 126 valence electrons. The van der Waals surface area contributed by atoms with Crippen molar-refractivity contribution in [2.24, 2.45) is 0 Å². The van der Waals surface area contributed by atoms with Crippen molar-refractivity contribution < 1.29 is 4.74 Å². The number of hydrogen-bond acceptors (Lipinski definition) is 5. The number of hydrogen-bond donors (Lipinski definition) is 0. The van der Waals surface area contributed by atoms with E-state index in [2.05, 4.69) is 15.0 Å². The van der Waals surface area contributed by atoms with Gasteiger partial charge >= 0.3 is 0 Å². The average molecular weight is 332 g/mol. The van der Waals surface area contributed by atoms with Crippen LogP contribution in [0.1, 0.15) is 35.5 Å². The topological polar surface area (TPSA) is 60.8 Å². The van der Waals surface area contributed by atoms with Crippen molar-refractivity contribution in [2.45, 2.75) is 39.2 Å². The number of aryl methyl sites for hydroxylation is 2. The molecule has 1 aliphatic rings. The van der Waals surface area contributed by atoms with Crippen molar-refractivity contribution in [1.29, 1.82) is 0 Å². The molecule has 0 N–H and O–H groups in total. The van der Waals surface area contributed by atoms with E-state index in [0.717, 1.165) is 41.1 Å². The van der Waals surface area contributed by atoms with E-state index in [9.17, 15) is 0 Å². The minimum Gasteiger partial charge on any atom is -0.473 e. The highest BCUT2D eigenvalue weighted by Gasteiger charge is 2.18. The standard InChI is InChI=1S/C20H20N4O/c1-14-22-11-16(12-23-14)18-9-20(24-19-7-3-2-6-17(18)19)25-13-15-5-4-8-21-10-15/h4-5,8-12H,2-3,6-7,13H2,1H3. The van der Waals surface area contributed by atoms with Crippen LogP contribution in [0.4, 0.5) is 0 Å². The fourth-order valence-electron chi connectivity index (χ4n) is 3.18. The Kier molecular flexibility index (Phi) is 4.37. The number of rotatable bonds is 4. The van der Waals surface area contributed by atoms with E-state index >= 15 is 0 Å². The Morgan fingerprint density at radius 2 is 1.92 bits per heavy atom. The molecule has 4 rings (SSSR count). The van der Waals surface area contributed by atoms with Gasteiger partial charge in [0, 0.05) is 47.7 Å². The zero-order chi connectivity index (χ0) is 17.1. The fourth-order valence-corrected chi connectivity index (χ4v) is 3.18. The Morgan fingerprint density at radius 3 is 2.72 bits per heavy atom. The largest absolute Gasteiger partial charge is 0.473 e. The molecule has 0 amide bonds. The Morgan fingerprint density at radius 1 is 1.08 bits per heavy atom. The molecule has 5 heteroatoms. The zero-order valence-corrected chi connectivity index (χ0v) is 14.3. The molecule has 3 aromatic rings. The molecule has 0 unspecified atom stereocenters. The van der Waals surface area contributed by atoms with Crippen LogP contribution in [0.3, 0.4) is 0 Å². The van der Waals surface area contributed by atoms with Gasteiger partial charge in [-0.15, -0.1) is 0 Å². The van der Waals surface area contributed by atoms with E-state index in [1.807, 2.05) is 43.7 Å². The molecule has 0 atom stereocenters. The summed E-state index contributed by atoms with van der Waals surface area (Å²) in [5, 5.41) is 0. The smallest absolute Gasteiger partial charge is 0.214 e. The van der Waals surface area contributed by atoms with Crippen LogP contribution in [0.25, 0.3) is 11.1 Å². The highest BCUT2D eigenvalue weighted by Crippen LogP contribution is 2.33. The molecule has 0 bridgehead atoms. The number of ether oxygens (including phenoxy) is 1. The molecule has 3 heterocycles. The summed E-state index contributed by atoms with van der Waals surface area (Å²) in [6.45, 7) is 2.36. The lowest BCUT2D eigenvalue weighted by molar-refractivity contribution is 0.292. The Labute approximate surface area is 147 Å². The van der Waals surface area contributed by atoms with Gasteiger partial charge in [-0.05, 0) is 49.8 Å². The van der Waals surface area contributed by atoms with Crippen molar-refractivity contribution in [3.8, 4) is 17.0 Å². The van der Waals surface area contributed by atoms with Gasteiger partial charge in [-0.2, -0.15) is 0 Å². The lowest BCUT2D eigenvalue weighted by atomic mass is 9.90. The molecular formula is C20H20N4O. The predicted octanol–water partition coefficient (Wildman–Crippen LogP) is 3.70. The van der Waals surface area contributed by atoms with Crippen molar-refractivity contribution in [3.63, 3.8) is 0 Å². The third-order valence-electron chi connectivity index (χ3n) is 4.48. The van der Waals surface area contributed by atoms with Crippen molar-refractivity contribution in [2.75, 3.05) is 0 Å². The summed E-state index contributed by atoms with van der Waals surface area (Å²) in [6, 6.07) is 5.93. The van der Waals surface area contributed by atoms with Crippen molar-refractivity contribution in [1.82, 2.24) is 19.9 Å². The van der Waals surface area contributed by atoms with Gasteiger partial charge in [0.25, 0.3) is 0 Å². The minimum absolute atomic E-state index is 0.462. The third kappa shape index (κ3) is 3.50. The lowest BCUT2D eigenvalue weighted by Crippen LogP contribution is -2.09. The summed E-state index contributed by atoms with van der Waals surface area (Å²) in [4.78, 5) is 17.6. The van der Waals surface area contributed by atoms with Crippen molar-refractivity contribution >= 4 is 0 Å². The van der Waals surface area contributed by atoms with E-state index in [0.29, 0.717) is 12.5 Å². The second-order valence-electron chi connectivity index (χ2n) is 6.31. The second-order valence-corrected chi connectivity index (χ2v) is 6.31. The molecule has 0 saturated heterocycles. The molecule has 25 heavy (non-hydrogen) atoms. The highest BCUT2D eigenvalue weighted by atomic mass is 16.5. The SMILES string of the molecule is Cc1ncc(-c2cc(OCc3cccnc3)nc3c2CCCC3)cn1. The van der Waals surface area contributed by atoms with E-state index in [-0.39, 0.29) is 0 Å². The van der Waals surface area contributed by atoms with Crippen LogP contribution in [0, 0.1) is 6.92 Å². The van der Waals surface area contributed by atoms with Crippen LogP contribution < -0.4 is 4.74 Å². The van der Waals surface area contributed by atoms with Crippen LogP contribution in [0.2, 0.25) is 0 Å². The van der Waals surface area contributed by atoms with E-state index in [1.165, 1.54) is 18.4 Å². The number of fused-ring (bicyclic) bond motifs is 1. The maximum Gasteiger partial charge on any atom is 0.214 e. The van der Waals surface area contributed by atoms with Gasteiger partial charge in [0.1, 0.15) is 12.4 Å². The van der Waals surface area contributed by atoms with Gasteiger partial charge in [0.15, 0.2) is 0 Å². The predicted molar refractivity (Wildman–Crippen MR) is 95.2 cm³/mol. The summed E-state index contributed by atoms with van der Waals surface area (Å²) in [7, 11) is 0. The Bertz CT molecular complexity index is 863. The van der Waals surface area contributed by atoms with Crippen LogP contribution in [-0.4, -0.2) is 19.9 Å². The average Bonchev–Trinajstić information content (AvgIpc) is 2.67. The quantitative estimate of drug-likeness (QED) is 0.729. The molecule has 0 spiro atoms. The highest BCUT2D eigenvalue weighted by molar-refractivity contribution is 5.68. The maximum absolute atomic E-state index is 5.95. The van der Waals surface area contributed by atoms with E-state index in [1.54, 1.807) is 6.20 Å². The summed E-state index contributed by atoms with van der Waals surface area (Å²) >= 11 is 0. The Hall–Kier alpha value is -2.82. The van der Waals surface area contributed by atoms with Gasteiger partial charge in [0.05, 0.1) is 0 Å². The van der Waals surface area contributed by atoms with Gasteiger partial charge in [-0.25, -0.2) is 15.0 Å². The summed E-state index contributed by atoms with van der Waals surface area (Å²) in [6.07, 6.45) is 11.8. The van der Waals surface area contributed by atoms with Crippen LogP contribution in [0.15, 0.2) is 43.0 Å². The monoisotopic (exact) mass is 332 g/mol. The molecule has 3 aromatic heterocycles. The first kappa shape index (κ1) is 15.7. The third-order valence-corrected chi connectivity index (χ3v) is 4.48. The molecule has 0 radical (unpaired) electrons. The lowest BCUT2D eigenvalue weighted by Gasteiger charge is -2.20. The summed E-state index contributed by atoms with van der Waals surface area (Å²) in [5.74, 6) is 1.43. The van der Waals surface area contributed by atoms with E-state index in [4.69, 9.17) is 9.72 Å². The first-order valence-corrected chi connectivity index (χ1v) is 8.63. The first-order valence-electron chi connectivity index (χ1n) is 8.63. The van der Waals surface area contributed by atoms with Gasteiger partial charge in [-0.3, -0.25) is 4.98 Å². The summed E-state index contributed by atoms with van der Waals surface area (Å²) in [5.41, 5.74) is 5.66. The van der Waals surface area contributed by atoms with Gasteiger partial charge < -0.3 is 4.74 Å². The van der Waals surface area contributed by atoms with Crippen LogP contribution in [0.5, 0.6) is 5.88 Å². The molecular weight excluding hydrogens is 312 g/mol. The van der Waals surface area contributed by atoms with Gasteiger partial charge in [-0.1, -0.05) is 6.07 Å². The normalized spacial score (nSPS) is 13.3. The molecule has 0 saturated carbocycles. The van der Waals surface area contributed by atoms with Crippen LogP contribution in [-0.2, 0) is 19.4 Å². The number of pyridine rings is 2. The van der Waals surface area contributed by atoms with Crippen LogP contribution >= 0.6 is 0 Å². The zero-order valence-electron chi connectivity index (χ0n) is 14.3. The van der Waals surface area contributed by atoms with E-state index < -0.39 is 0 Å². The number of nitrogens with zero attached hydrogens (tertiary/aromatic N) is 4. The summed E-state index contributed by atoms with van der Waals surface area (Å²) < 4.78 is 5.95. The second kappa shape index (κ2) is 6.97.